The van der Waals surface area contributed by atoms with Crippen LogP contribution in [-0.2, 0) is 14.8 Å². The minimum Gasteiger partial charge on any atom is -0.497 e. The highest BCUT2D eigenvalue weighted by Gasteiger charge is 2.27. The van der Waals surface area contributed by atoms with Gasteiger partial charge in [0.1, 0.15) is 18.1 Å². The molecule has 0 heterocycles. The fourth-order valence-corrected chi connectivity index (χ4v) is 5.00. The number of carbonyl (C=O) groups is 1. The zero-order valence-electron chi connectivity index (χ0n) is 18.9. The summed E-state index contributed by atoms with van der Waals surface area (Å²) in [6.07, 6.45) is 0. The van der Waals surface area contributed by atoms with Gasteiger partial charge in [0.05, 0.1) is 17.7 Å². The molecule has 35 heavy (non-hydrogen) atoms. The lowest BCUT2D eigenvalue weighted by atomic mass is 10.0. The topological polar surface area (TPSA) is 75.7 Å². The van der Waals surface area contributed by atoms with E-state index in [9.17, 15) is 17.6 Å². The van der Waals surface area contributed by atoms with Crippen LogP contribution < -0.4 is 14.4 Å². The average Bonchev–Trinajstić information content (AvgIpc) is 2.88. The summed E-state index contributed by atoms with van der Waals surface area (Å²) >= 11 is 0. The first kappa shape index (κ1) is 24.0. The van der Waals surface area contributed by atoms with E-state index >= 15 is 0 Å². The Morgan fingerprint density at radius 2 is 1.49 bits per heavy atom. The predicted molar refractivity (Wildman–Crippen MR) is 134 cm³/mol. The van der Waals surface area contributed by atoms with Gasteiger partial charge in [0.15, 0.2) is 0 Å². The molecule has 1 amide bonds. The number of para-hydroxylation sites is 1. The van der Waals surface area contributed by atoms with E-state index in [0.717, 1.165) is 27.6 Å². The molecule has 0 radical (unpaired) electrons. The molecule has 0 unspecified atom stereocenters. The smallest absolute Gasteiger partial charge is 0.264 e. The first-order valence-electron chi connectivity index (χ1n) is 10.7. The van der Waals surface area contributed by atoms with Crippen molar-refractivity contribution < 1.29 is 22.3 Å². The van der Waals surface area contributed by atoms with Crippen molar-refractivity contribution in [2.45, 2.75) is 4.90 Å². The minimum absolute atomic E-state index is 0.132. The summed E-state index contributed by atoms with van der Waals surface area (Å²) in [4.78, 5) is 13.0. The van der Waals surface area contributed by atoms with Crippen molar-refractivity contribution in [2.24, 2.45) is 0 Å². The van der Waals surface area contributed by atoms with Crippen LogP contribution in [0, 0.1) is 5.82 Å². The van der Waals surface area contributed by atoms with Crippen molar-refractivity contribution in [3.05, 3.63) is 109 Å². The minimum atomic E-state index is -4.18. The van der Waals surface area contributed by atoms with Crippen molar-refractivity contribution >= 4 is 27.3 Å². The molecule has 4 aromatic carbocycles. The van der Waals surface area contributed by atoms with Gasteiger partial charge in [0.25, 0.3) is 10.0 Å². The Morgan fingerprint density at radius 1 is 0.857 bits per heavy atom. The van der Waals surface area contributed by atoms with Crippen LogP contribution in [0.5, 0.6) is 5.75 Å². The number of carbonyl (C=O) groups excluding carboxylic acids is 1. The van der Waals surface area contributed by atoms with Crippen molar-refractivity contribution in [1.82, 2.24) is 0 Å². The van der Waals surface area contributed by atoms with Crippen LogP contribution in [-0.4, -0.2) is 28.0 Å². The molecule has 0 bridgehead atoms. The molecule has 0 spiro atoms. The molecule has 0 saturated carbocycles. The van der Waals surface area contributed by atoms with Gasteiger partial charge in [0.2, 0.25) is 5.91 Å². The van der Waals surface area contributed by atoms with Crippen LogP contribution >= 0.6 is 0 Å². The third kappa shape index (κ3) is 5.50. The van der Waals surface area contributed by atoms with E-state index in [1.165, 1.54) is 19.2 Å². The van der Waals surface area contributed by atoms with Crippen molar-refractivity contribution in [3.63, 3.8) is 0 Å². The molecule has 0 fully saturated rings. The summed E-state index contributed by atoms with van der Waals surface area (Å²) in [5, 5.41) is 2.83. The highest BCUT2D eigenvalue weighted by Crippen LogP contribution is 2.29. The molecule has 0 aliphatic carbocycles. The van der Waals surface area contributed by atoms with Crippen molar-refractivity contribution in [1.29, 1.82) is 0 Å². The number of halogens is 1. The number of anilines is 2. The number of nitrogens with zero attached hydrogens (tertiary/aromatic N) is 1. The number of nitrogens with one attached hydrogen (secondary N) is 1. The molecule has 4 rings (SSSR count). The lowest BCUT2D eigenvalue weighted by Crippen LogP contribution is -2.38. The molecular formula is C27H23FN2O4S. The van der Waals surface area contributed by atoms with E-state index in [2.05, 4.69) is 5.32 Å². The maximum absolute atomic E-state index is 13.5. The van der Waals surface area contributed by atoms with Gasteiger partial charge in [-0.3, -0.25) is 9.10 Å². The Balaban J connectivity index is 1.66. The Kier molecular flexibility index (Phi) is 7.12. The fraction of sp³-hybridized carbons (Fsp3) is 0.0741. The van der Waals surface area contributed by atoms with Gasteiger partial charge in [-0.25, -0.2) is 12.8 Å². The number of hydrogen-bond donors (Lipinski definition) is 1. The summed E-state index contributed by atoms with van der Waals surface area (Å²) in [6, 6.07) is 27.6. The lowest BCUT2D eigenvalue weighted by molar-refractivity contribution is -0.114. The first-order chi connectivity index (χ1) is 16.9. The van der Waals surface area contributed by atoms with Crippen LogP contribution in [0.2, 0.25) is 0 Å². The van der Waals surface area contributed by atoms with Crippen LogP contribution in [0.15, 0.2) is 108 Å². The second-order valence-corrected chi connectivity index (χ2v) is 9.49. The highest BCUT2D eigenvalue weighted by molar-refractivity contribution is 7.92. The average molecular weight is 491 g/mol. The zero-order chi connectivity index (χ0) is 24.8. The third-order valence-electron chi connectivity index (χ3n) is 5.34. The second-order valence-electron chi connectivity index (χ2n) is 7.62. The number of ether oxygens (including phenoxy) is 1. The highest BCUT2D eigenvalue weighted by atomic mass is 32.2. The summed E-state index contributed by atoms with van der Waals surface area (Å²) in [6.45, 7) is -0.491. The molecule has 8 heteroatoms. The van der Waals surface area contributed by atoms with Crippen LogP contribution in [0.25, 0.3) is 11.1 Å². The van der Waals surface area contributed by atoms with E-state index in [0.29, 0.717) is 11.4 Å². The van der Waals surface area contributed by atoms with Crippen LogP contribution in [0.1, 0.15) is 0 Å². The van der Waals surface area contributed by atoms with E-state index in [-0.39, 0.29) is 10.6 Å². The summed E-state index contributed by atoms with van der Waals surface area (Å²) in [7, 11) is -2.68. The lowest BCUT2D eigenvalue weighted by Gasteiger charge is -2.24. The second kappa shape index (κ2) is 10.4. The van der Waals surface area contributed by atoms with E-state index in [1.807, 2.05) is 42.5 Å². The van der Waals surface area contributed by atoms with E-state index in [4.69, 9.17) is 4.74 Å². The monoisotopic (exact) mass is 490 g/mol. The molecule has 0 saturated heterocycles. The first-order valence-corrected chi connectivity index (χ1v) is 12.2. The molecule has 0 aromatic heterocycles. The fourth-order valence-electron chi connectivity index (χ4n) is 3.58. The van der Waals surface area contributed by atoms with Gasteiger partial charge in [-0.1, -0.05) is 48.5 Å². The van der Waals surface area contributed by atoms with Gasteiger partial charge in [-0.15, -0.1) is 0 Å². The molecule has 0 atom stereocenters. The van der Waals surface area contributed by atoms with Crippen LogP contribution in [0.3, 0.4) is 0 Å². The summed E-state index contributed by atoms with van der Waals surface area (Å²) < 4.78 is 46.5. The van der Waals surface area contributed by atoms with Gasteiger partial charge < -0.3 is 10.1 Å². The van der Waals surface area contributed by atoms with Crippen molar-refractivity contribution in [3.8, 4) is 16.9 Å². The molecule has 178 valence electrons. The molecular weight excluding hydrogens is 467 g/mol. The molecule has 0 aliphatic rings. The standard InChI is InChI=1S/C27H23FN2O4S/c1-34-23-15-13-22(14-16-23)30(35(32,33)24-17-11-21(28)12-18-24)19-27(31)29-26-10-6-5-9-25(26)20-7-3-2-4-8-20/h2-18H,19H2,1H3,(H,29,31). The SMILES string of the molecule is COc1ccc(N(CC(=O)Nc2ccccc2-c2ccccc2)S(=O)(=O)c2ccc(F)cc2)cc1. The summed E-state index contributed by atoms with van der Waals surface area (Å²) in [5.41, 5.74) is 2.53. The van der Waals surface area contributed by atoms with E-state index in [1.54, 1.807) is 36.4 Å². The number of methoxy groups -OCH3 is 1. The quantitative estimate of drug-likeness (QED) is 0.362. The Hall–Kier alpha value is -4.17. The predicted octanol–water partition coefficient (Wildman–Crippen LogP) is 5.34. The van der Waals surface area contributed by atoms with Gasteiger partial charge in [-0.05, 0) is 60.2 Å². The zero-order valence-corrected chi connectivity index (χ0v) is 19.7. The molecule has 1 N–H and O–H groups in total. The third-order valence-corrected chi connectivity index (χ3v) is 7.12. The maximum atomic E-state index is 13.5. The number of amides is 1. The number of rotatable bonds is 8. The van der Waals surface area contributed by atoms with E-state index < -0.39 is 28.3 Å². The number of hydrogen-bond acceptors (Lipinski definition) is 4. The summed E-state index contributed by atoms with van der Waals surface area (Å²) in [5.74, 6) is -0.556. The Labute approximate surface area is 203 Å². The largest absolute Gasteiger partial charge is 0.497 e. The number of sulfonamides is 1. The molecule has 0 aliphatic heterocycles. The normalized spacial score (nSPS) is 11.0. The van der Waals surface area contributed by atoms with Gasteiger partial charge >= 0.3 is 0 Å². The maximum Gasteiger partial charge on any atom is 0.264 e. The number of benzene rings is 4. The Morgan fingerprint density at radius 3 is 2.14 bits per heavy atom. The van der Waals surface area contributed by atoms with Gasteiger partial charge in [-0.2, -0.15) is 0 Å². The van der Waals surface area contributed by atoms with Crippen molar-refractivity contribution in [2.75, 3.05) is 23.3 Å². The Bertz CT molecular complexity index is 1410. The van der Waals surface area contributed by atoms with Crippen LogP contribution in [0.4, 0.5) is 15.8 Å². The van der Waals surface area contributed by atoms with Gasteiger partial charge in [0, 0.05) is 11.3 Å². The molecule has 6 nitrogen and oxygen atoms in total. The molecule has 4 aromatic rings.